The average Bonchev–Trinajstić information content (AvgIpc) is 3.25. The van der Waals surface area contributed by atoms with Gasteiger partial charge in [-0.1, -0.05) is 256 Å². The van der Waals surface area contributed by atoms with Gasteiger partial charge in [-0.2, -0.15) is 0 Å². The quantitative estimate of drug-likeness (QED) is 0.0322. The Hall–Kier alpha value is -1.92. The van der Waals surface area contributed by atoms with E-state index in [4.69, 9.17) is 4.74 Å². The summed E-state index contributed by atoms with van der Waals surface area (Å²) in [7, 11) is 0. The lowest BCUT2D eigenvalue weighted by Crippen LogP contribution is -2.46. The number of hydrogen-bond acceptors (Lipinski definition) is 5. The third-order valence-electron chi connectivity index (χ3n) is 12.3. The van der Waals surface area contributed by atoms with Crippen LogP contribution in [0, 0.1) is 0 Å². The lowest BCUT2D eigenvalue weighted by Gasteiger charge is -2.24. The van der Waals surface area contributed by atoms with Gasteiger partial charge in [-0.25, -0.2) is 0 Å². The Balaban J connectivity index is 4.53. The smallest absolute Gasteiger partial charge is 0.306 e. The van der Waals surface area contributed by atoms with E-state index in [9.17, 15) is 19.8 Å². The van der Waals surface area contributed by atoms with Crippen LogP contribution in [0.3, 0.4) is 0 Å². The maximum absolute atomic E-state index is 13.2. The number of amides is 1. The molecular weight excluding hydrogens is 755 g/mol. The minimum Gasteiger partial charge on any atom is -0.462 e. The number of unbranched alkanes of at least 4 members (excludes halogenated alkanes) is 32. The second kappa shape index (κ2) is 49.1. The van der Waals surface area contributed by atoms with Crippen molar-refractivity contribution in [2.45, 2.75) is 296 Å². The standard InChI is InChI=1S/C55H103NO5/c1-4-7-10-13-16-19-22-25-26-27-28-30-33-36-39-42-45-48-55(60)61-51(46-43-40-37-34-31-29-23-20-17-14-11-8-5-2)49-54(59)56-52(50-57)53(58)47-44-41-38-35-32-24-21-18-15-12-9-6-3/h8,11,14,17,20,23,51-53,57-58H,4-7,9-10,12-13,15-16,18-19,21-22,24-50H2,1-3H3,(H,56,59)/b11-8+,17-14+,23-20+. The van der Waals surface area contributed by atoms with Crippen LogP contribution in [0.2, 0.25) is 0 Å². The van der Waals surface area contributed by atoms with E-state index in [1.54, 1.807) is 0 Å². The van der Waals surface area contributed by atoms with Gasteiger partial charge >= 0.3 is 5.97 Å². The van der Waals surface area contributed by atoms with Crippen LogP contribution in [-0.4, -0.2) is 46.9 Å². The summed E-state index contributed by atoms with van der Waals surface area (Å²) in [6.45, 7) is 6.37. The summed E-state index contributed by atoms with van der Waals surface area (Å²) in [4.78, 5) is 26.2. The SMILES string of the molecule is CC/C=C/C=C/C=C/CCCCCCCC(CC(=O)NC(CO)C(O)CCCCCCCCCCCCCC)OC(=O)CCCCCCCCCCCCCCCCCCC. The first-order valence-corrected chi connectivity index (χ1v) is 26.7. The van der Waals surface area contributed by atoms with Gasteiger partial charge < -0.3 is 20.3 Å². The molecule has 0 radical (unpaired) electrons. The van der Waals surface area contributed by atoms with Crippen LogP contribution in [0.4, 0.5) is 0 Å². The number of carbonyl (C=O) groups is 2. The summed E-state index contributed by atoms with van der Waals surface area (Å²) in [5, 5.41) is 23.8. The van der Waals surface area contributed by atoms with Crippen molar-refractivity contribution in [1.82, 2.24) is 5.32 Å². The first-order chi connectivity index (χ1) is 30.0. The minimum atomic E-state index is -0.790. The average molecular weight is 858 g/mol. The number of hydrogen-bond donors (Lipinski definition) is 3. The number of carbonyl (C=O) groups excluding carboxylic acids is 2. The molecule has 6 heteroatoms. The summed E-state index contributed by atoms with van der Waals surface area (Å²) >= 11 is 0. The van der Waals surface area contributed by atoms with Gasteiger partial charge in [0.25, 0.3) is 0 Å². The van der Waals surface area contributed by atoms with Crippen molar-refractivity contribution in [3.8, 4) is 0 Å². The second-order valence-corrected chi connectivity index (χ2v) is 18.3. The molecule has 0 fully saturated rings. The number of aliphatic hydroxyl groups excluding tert-OH is 2. The lowest BCUT2D eigenvalue weighted by atomic mass is 10.0. The van der Waals surface area contributed by atoms with Crippen molar-refractivity contribution in [3.63, 3.8) is 0 Å². The van der Waals surface area contributed by atoms with Crippen LogP contribution in [0.1, 0.15) is 278 Å². The molecule has 0 saturated carbocycles. The van der Waals surface area contributed by atoms with Gasteiger partial charge in [0.2, 0.25) is 5.91 Å². The van der Waals surface area contributed by atoms with Crippen molar-refractivity contribution in [1.29, 1.82) is 0 Å². The van der Waals surface area contributed by atoms with Crippen molar-refractivity contribution in [2.24, 2.45) is 0 Å². The number of allylic oxidation sites excluding steroid dienone is 6. The van der Waals surface area contributed by atoms with E-state index >= 15 is 0 Å². The normalized spacial score (nSPS) is 13.5. The number of esters is 1. The van der Waals surface area contributed by atoms with Crippen LogP contribution >= 0.6 is 0 Å². The fourth-order valence-corrected chi connectivity index (χ4v) is 8.26. The number of ether oxygens (including phenoxy) is 1. The molecule has 3 atom stereocenters. The Morgan fingerprint density at radius 2 is 0.885 bits per heavy atom. The summed E-state index contributed by atoms with van der Waals surface area (Å²) in [6.07, 6.45) is 57.8. The largest absolute Gasteiger partial charge is 0.462 e. The molecule has 358 valence electrons. The second-order valence-electron chi connectivity index (χ2n) is 18.3. The Kier molecular flexibility index (Phi) is 47.6. The highest BCUT2D eigenvalue weighted by Gasteiger charge is 2.24. The van der Waals surface area contributed by atoms with Crippen molar-refractivity contribution < 1.29 is 24.5 Å². The molecule has 6 nitrogen and oxygen atoms in total. The fourth-order valence-electron chi connectivity index (χ4n) is 8.26. The molecule has 0 aromatic carbocycles. The number of rotatable bonds is 48. The van der Waals surface area contributed by atoms with E-state index in [1.165, 1.54) is 148 Å². The van der Waals surface area contributed by atoms with Crippen LogP contribution < -0.4 is 5.32 Å². The van der Waals surface area contributed by atoms with Gasteiger partial charge in [-0.05, 0) is 44.9 Å². The van der Waals surface area contributed by atoms with Gasteiger partial charge in [-0.15, -0.1) is 0 Å². The molecule has 3 N–H and O–H groups in total. The van der Waals surface area contributed by atoms with E-state index < -0.39 is 18.2 Å². The highest BCUT2D eigenvalue weighted by Crippen LogP contribution is 2.18. The zero-order chi connectivity index (χ0) is 44.5. The molecule has 3 unspecified atom stereocenters. The molecule has 0 aromatic heterocycles. The third-order valence-corrected chi connectivity index (χ3v) is 12.3. The molecule has 0 rings (SSSR count). The van der Waals surface area contributed by atoms with Crippen LogP contribution in [-0.2, 0) is 14.3 Å². The predicted molar refractivity (Wildman–Crippen MR) is 264 cm³/mol. The molecule has 0 aliphatic rings. The Morgan fingerprint density at radius 1 is 0.492 bits per heavy atom. The zero-order valence-corrected chi connectivity index (χ0v) is 40.8. The summed E-state index contributed by atoms with van der Waals surface area (Å²) in [5.74, 6) is -0.482. The molecule has 0 saturated heterocycles. The van der Waals surface area contributed by atoms with Gasteiger partial charge in [-0.3, -0.25) is 9.59 Å². The van der Waals surface area contributed by atoms with Gasteiger partial charge in [0.05, 0.1) is 25.2 Å². The van der Waals surface area contributed by atoms with Crippen molar-refractivity contribution in [2.75, 3.05) is 6.61 Å². The molecular formula is C55H103NO5. The molecule has 0 bridgehead atoms. The highest BCUT2D eigenvalue weighted by atomic mass is 16.5. The molecule has 0 spiro atoms. The summed E-state index contributed by atoms with van der Waals surface area (Å²) < 4.78 is 5.94. The number of aliphatic hydroxyl groups is 2. The molecule has 0 aliphatic heterocycles. The predicted octanol–water partition coefficient (Wildman–Crippen LogP) is 16.1. The molecule has 0 aliphatic carbocycles. The van der Waals surface area contributed by atoms with E-state index in [2.05, 4.69) is 62.5 Å². The molecule has 1 amide bonds. The fraction of sp³-hybridized carbons (Fsp3) is 0.855. The zero-order valence-electron chi connectivity index (χ0n) is 40.8. The number of nitrogens with one attached hydrogen (secondary N) is 1. The van der Waals surface area contributed by atoms with Gasteiger partial charge in [0.1, 0.15) is 6.10 Å². The van der Waals surface area contributed by atoms with Crippen molar-refractivity contribution >= 4 is 11.9 Å². The Labute approximate surface area is 379 Å². The van der Waals surface area contributed by atoms with Crippen LogP contribution in [0.25, 0.3) is 0 Å². The summed E-state index contributed by atoms with van der Waals surface area (Å²) in [5.41, 5.74) is 0. The monoisotopic (exact) mass is 858 g/mol. The molecule has 0 heterocycles. The minimum absolute atomic E-state index is 0.0678. The van der Waals surface area contributed by atoms with Gasteiger partial charge in [0, 0.05) is 6.42 Å². The Bertz CT molecular complexity index is 1010. The first-order valence-electron chi connectivity index (χ1n) is 26.7. The van der Waals surface area contributed by atoms with Crippen LogP contribution in [0.15, 0.2) is 36.5 Å². The maximum Gasteiger partial charge on any atom is 0.306 e. The van der Waals surface area contributed by atoms with E-state index in [-0.39, 0.29) is 24.9 Å². The maximum atomic E-state index is 13.2. The van der Waals surface area contributed by atoms with Crippen LogP contribution in [0.5, 0.6) is 0 Å². The van der Waals surface area contributed by atoms with Gasteiger partial charge in [0.15, 0.2) is 0 Å². The van der Waals surface area contributed by atoms with Crippen molar-refractivity contribution in [3.05, 3.63) is 36.5 Å². The van der Waals surface area contributed by atoms with E-state index in [0.29, 0.717) is 19.3 Å². The highest BCUT2D eigenvalue weighted by molar-refractivity contribution is 5.77. The molecule has 0 aromatic rings. The van der Waals surface area contributed by atoms with E-state index in [1.807, 2.05) is 0 Å². The Morgan fingerprint density at radius 3 is 1.33 bits per heavy atom. The first kappa shape index (κ1) is 59.1. The lowest BCUT2D eigenvalue weighted by molar-refractivity contribution is -0.151. The third kappa shape index (κ3) is 44.5. The van der Waals surface area contributed by atoms with E-state index in [0.717, 1.165) is 83.5 Å². The summed E-state index contributed by atoms with van der Waals surface area (Å²) in [6, 6.07) is -0.705. The topological polar surface area (TPSA) is 95.9 Å². The molecule has 61 heavy (non-hydrogen) atoms.